The average molecular weight is 385 g/mol. The highest BCUT2D eigenvalue weighted by Gasteiger charge is 2.68. The van der Waals surface area contributed by atoms with Gasteiger partial charge in [-0.2, -0.15) is 0 Å². The van der Waals surface area contributed by atoms with Crippen LogP contribution in [0, 0.1) is 28.6 Å². The van der Waals surface area contributed by atoms with Gasteiger partial charge in [-0.15, -0.1) is 0 Å². The van der Waals surface area contributed by atoms with Gasteiger partial charge in [-0.3, -0.25) is 9.59 Å². The van der Waals surface area contributed by atoms with Gasteiger partial charge in [-0.05, 0) is 34.4 Å². The average Bonchev–Trinajstić information content (AvgIpc) is 2.71. The van der Waals surface area contributed by atoms with Gasteiger partial charge in [0.05, 0.1) is 6.10 Å². The quantitative estimate of drug-likeness (QED) is 0.433. The molecule has 4 aliphatic carbocycles. The van der Waals surface area contributed by atoms with Crippen LogP contribution in [-0.2, 0) is 9.59 Å². The van der Waals surface area contributed by atoms with Crippen molar-refractivity contribution >= 4 is 66.5 Å². The zero-order valence-corrected chi connectivity index (χ0v) is 19.9. The molecule has 0 aromatic rings. The van der Waals surface area contributed by atoms with Gasteiger partial charge in [0.15, 0.2) is 0 Å². The number of rotatable bonds is 0. The lowest BCUT2D eigenvalue weighted by Crippen LogP contribution is -2.60. The molecule has 4 aliphatic rings. The molecule has 4 rings (SSSR count). The molecule has 0 spiro atoms. The molecule has 0 heterocycles. The van der Waals surface area contributed by atoms with Crippen molar-refractivity contribution in [1.29, 1.82) is 0 Å². The number of ketones is 2. The van der Waals surface area contributed by atoms with Crippen molar-refractivity contribution in [3.05, 3.63) is 11.0 Å². The molecule has 10 heteroatoms. The Morgan fingerprint density at radius 3 is 2.14 bits per heavy atom. The van der Waals surface area contributed by atoms with Crippen LogP contribution >= 0.6 is 0 Å². The van der Waals surface area contributed by atoms with Crippen LogP contribution in [0.1, 0.15) is 39.5 Å². The number of hydrogen-bond acceptors (Lipinski definition) is 3. The van der Waals surface area contributed by atoms with Gasteiger partial charge in [0.25, 0.3) is 0 Å². The fraction of sp³-hybridized carbons (Fsp3) is 0.789. The van der Waals surface area contributed by atoms with Crippen molar-refractivity contribution < 1.29 is 14.7 Å². The summed E-state index contributed by atoms with van der Waals surface area (Å²) < 4.78 is 0. The third-order valence-corrected chi connectivity index (χ3v) is 9.62. The summed E-state index contributed by atoms with van der Waals surface area (Å²) in [6.07, 6.45) is 2.69. The first-order chi connectivity index (χ1) is 13.0. The Kier molecular flexibility index (Phi) is 4.37. The Labute approximate surface area is 182 Å². The van der Waals surface area contributed by atoms with Crippen LogP contribution in [0.4, 0.5) is 0 Å². The molecule has 29 heavy (non-hydrogen) atoms. The summed E-state index contributed by atoms with van der Waals surface area (Å²) in [5.41, 5.74) is 1.54. The Hall–Kier alpha value is -0.505. The minimum atomic E-state index is -0.441. The molecule has 0 aromatic heterocycles. The lowest BCUT2D eigenvalue weighted by Gasteiger charge is -2.63. The van der Waals surface area contributed by atoms with Crippen LogP contribution in [0.25, 0.3) is 0 Å². The maximum atomic E-state index is 13.8. The zero-order valence-electron chi connectivity index (χ0n) is 19.9. The molecule has 0 aliphatic heterocycles. The van der Waals surface area contributed by atoms with E-state index in [1.807, 2.05) is 7.85 Å². The van der Waals surface area contributed by atoms with E-state index in [9.17, 15) is 14.7 Å². The summed E-state index contributed by atoms with van der Waals surface area (Å²) in [6.45, 7) is 4.43. The Morgan fingerprint density at radius 1 is 0.966 bits per heavy atom. The molecular weight excluding hydrogens is 352 g/mol. The molecule has 0 radical (unpaired) electrons. The number of aliphatic hydroxyl groups is 1. The van der Waals surface area contributed by atoms with Crippen molar-refractivity contribution in [2.75, 3.05) is 0 Å². The van der Waals surface area contributed by atoms with Gasteiger partial charge in [0.2, 0.25) is 0 Å². The largest absolute Gasteiger partial charge is 0.393 e. The van der Waals surface area contributed by atoms with Crippen LogP contribution in [0.2, 0.25) is 15.6 Å². The molecule has 1 N–H and O–H groups in total. The van der Waals surface area contributed by atoms with E-state index in [-0.39, 0.29) is 38.9 Å². The van der Waals surface area contributed by atoms with E-state index in [0.717, 1.165) is 24.7 Å². The van der Waals surface area contributed by atoms with E-state index in [0.29, 0.717) is 18.1 Å². The molecule has 3 saturated carbocycles. The van der Waals surface area contributed by atoms with Crippen LogP contribution in [-0.4, -0.2) is 77.7 Å². The normalized spacial score (nSPS) is 47.3. The van der Waals surface area contributed by atoms with Crippen LogP contribution in [0.15, 0.2) is 11.0 Å². The van der Waals surface area contributed by atoms with Gasteiger partial charge < -0.3 is 5.11 Å². The van der Waals surface area contributed by atoms with Gasteiger partial charge in [-0.25, -0.2) is 0 Å². The standard InChI is InChI=1S/C19H33B7O3/c1-15-5-9(27)10-7(8(15)4-18(23,24)14(15)29)3-17(21,22)12-11(20)13(28)19(25,26)6-16(10,12)2/h7-8,10,14,29H,3-6,20-26H2,1-2H3/t7?,8?,10?,14-,15?,16?/m1/s1. The maximum Gasteiger partial charge on any atom is 0.143 e. The van der Waals surface area contributed by atoms with E-state index in [2.05, 4.69) is 60.9 Å². The molecule has 5 unspecified atom stereocenters. The lowest BCUT2D eigenvalue weighted by molar-refractivity contribution is -0.149. The van der Waals surface area contributed by atoms with Crippen LogP contribution in [0.3, 0.4) is 0 Å². The van der Waals surface area contributed by atoms with E-state index in [1.165, 1.54) is 5.57 Å². The first-order valence-electron chi connectivity index (χ1n) is 11.5. The minimum Gasteiger partial charge on any atom is -0.393 e. The Bertz CT molecular complexity index is 851. The number of hydrogen-bond donors (Lipinski definition) is 1. The third-order valence-electron chi connectivity index (χ3n) is 9.62. The summed E-state index contributed by atoms with van der Waals surface area (Å²) >= 11 is 0. The second-order valence-electron chi connectivity index (χ2n) is 13.4. The zero-order chi connectivity index (χ0) is 21.9. The molecule has 0 aromatic carbocycles. The molecule has 148 valence electrons. The highest BCUT2D eigenvalue weighted by molar-refractivity contribution is 6.59. The van der Waals surface area contributed by atoms with Gasteiger partial charge in [0.1, 0.15) is 66.5 Å². The van der Waals surface area contributed by atoms with E-state index in [1.54, 1.807) is 0 Å². The summed E-state index contributed by atoms with van der Waals surface area (Å²) in [6, 6.07) is 0. The first kappa shape index (κ1) is 21.7. The predicted molar refractivity (Wildman–Crippen MR) is 136 cm³/mol. The smallest absolute Gasteiger partial charge is 0.143 e. The summed E-state index contributed by atoms with van der Waals surface area (Å²) in [5, 5.41) is 10.5. The number of carbonyl (C=O) groups is 2. The summed E-state index contributed by atoms with van der Waals surface area (Å²) in [7, 11) is 15.0. The van der Waals surface area contributed by atoms with Crippen molar-refractivity contribution in [3.63, 3.8) is 0 Å². The third kappa shape index (κ3) is 2.63. The second kappa shape index (κ2) is 5.84. The van der Waals surface area contributed by atoms with Crippen molar-refractivity contribution in [3.8, 4) is 0 Å². The van der Waals surface area contributed by atoms with E-state index >= 15 is 0 Å². The second-order valence-corrected chi connectivity index (χ2v) is 13.4. The van der Waals surface area contributed by atoms with Crippen molar-refractivity contribution in [2.24, 2.45) is 28.6 Å². The molecule has 0 saturated heterocycles. The van der Waals surface area contributed by atoms with E-state index in [4.69, 9.17) is 0 Å². The number of Topliss-reactive ketones (excluding diaryl/α,β-unsaturated/α-hetero) is 2. The lowest BCUT2D eigenvalue weighted by atomic mass is 9.28. The summed E-state index contributed by atoms with van der Waals surface area (Å²) in [5.74, 6) is 1.17. The van der Waals surface area contributed by atoms with Gasteiger partial charge >= 0.3 is 0 Å². The van der Waals surface area contributed by atoms with Crippen LogP contribution < -0.4 is 0 Å². The fourth-order valence-electron chi connectivity index (χ4n) is 9.29. The maximum absolute atomic E-state index is 13.8. The number of aliphatic hydroxyl groups excluding tert-OH is 1. The molecule has 0 bridgehead atoms. The van der Waals surface area contributed by atoms with Crippen LogP contribution in [0.5, 0.6) is 0 Å². The number of allylic oxidation sites excluding steroid dienone is 1. The molecule has 3 nitrogen and oxygen atoms in total. The highest BCUT2D eigenvalue weighted by Crippen LogP contribution is 2.72. The summed E-state index contributed by atoms with van der Waals surface area (Å²) in [4.78, 5) is 26.9. The SMILES string of the molecule is BC1=C2C(B)(B)CC3C(C(=O)CC4(C)C3CC(B)(B)[C@@H]4O)C2(C)CC(B)(B)C1=O. The van der Waals surface area contributed by atoms with E-state index < -0.39 is 11.3 Å². The Balaban J connectivity index is 1.91. The minimum absolute atomic E-state index is 0.0352. The molecule has 0 amide bonds. The fourth-order valence-corrected chi connectivity index (χ4v) is 9.29. The van der Waals surface area contributed by atoms with Crippen molar-refractivity contribution in [1.82, 2.24) is 0 Å². The predicted octanol–water partition coefficient (Wildman–Crippen LogP) is -4.00. The number of carbonyl (C=O) groups excluding carboxylic acids is 2. The first-order valence-corrected chi connectivity index (χ1v) is 11.5. The molecule has 3 fully saturated rings. The molecule has 6 atom stereocenters. The van der Waals surface area contributed by atoms with Gasteiger partial charge in [-0.1, -0.05) is 42.7 Å². The number of fused-ring (bicyclic) bond motifs is 5. The Morgan fingerprint density at radius 2 is 1.55 bits per heavy atom. The topological polar surface area (TPSA) is 54.4 Å². The highest BCUT2D eigenvalue weighted by atomic mass is 16.3. The monoisotopic (exact) mass is 386 g/mol. The molecular formula is C19H33B7O3. The van der Waals surface area contributed by atoms with Gasteiger partial charge in [0, 0.05) is 17.8 Å². The van der Waals surface area contributed by atoms with Crippen molar-refractivity contribution in [2.45, 2.75) is 61.3 Å².